The lowest BCUT2D eigenvalue weighted by atomic mass is 9.85. The van der Waals surface area contributed by atoms with Crippen molar-refractivity contribution < 1.29 is 33.5 Å². The summed E-state index contributed by atoms with van der Waals surface area (Å²) in [6, 6.07) is 0.556. The highest BCUT2D eigenvalue weighted by atomic mass is 16.5. The van der Waals surface area contributed by atoms with E-state index in [0.717, 1.165) is 38.9 Å². The average molecular weight is 910 g/mol. The number of likely N-dealkylation sites (N-methyl/N-ethyl adjacent to an activating group) is 5. The highest BCUT2D eigenvalue weighted by Crippen LogP contribution is 2.27. The molecule has 378 valence electrons. The van der Waals surface area contributed by atoms with E-state index in [1.165, 1.54) is 26.4 Å². The largest absolute Gasteiger partial charge is 0.377 e. The molecule has 3 fully saturated rings. The summed E-state index contributed by atoms with van der Waals surface area (Å²) in [6.07, 6.45) is 6.65. The molecule has 3 heterocycles. The number of likely N-dealkylation sites (tertiary alicyclic amines) is 3. The first-order valence-electron chi connectivity index (χ1n) is 23.7. The van der Waals surface area contributed by atoms with Gasteiger partial charge in [-0.2, -0.15) is 0 Å². The molecule has 0 saturated carbocycles. The van der Waals surface area contributed by atoms with Gasteiger partial charge < -0.3 is 15.0 Å². The summed E-state index contributed by atoms with van der Waals surface area (Å²) in [5, 5.41) is 2.82. The number of carbonyl (C=O) groups excluding carboxylic acids is 6. The summed E-state index contributed by atoms with van der Waals surface area (Å²) in [7, 11) is 13.3. The molecule has 12 nitrogen and oxygen atoms in total. The van der Waals surface area contributed by atoms with Crippen LogP contribution in [0, 0.1) is 32.5 Å². The minimum Gasteiger partial charge on any atom is -0.377 e. The summed E-state index contributed by atoms with van der Waals surface area (Å²) >= 11 is 0. The Morgan fingerprint density at radius 3 is 0.859 bits per heavy atom. The van der Waals surface area contributed by atoms with Crippen LogP contribution < -0.4 is 5.32 Å². The van der Waals surface area contributed by atoms with Crippen molar-refractivity contribution in [1.29, 1.82) is 0 Å². The van der Waals surface area contributed by atoms with Gasteiger partial charge in [-0.3, -0.25) is 43.5 Å². The summed E-state index contributed by atoms with van der Waals surface area (Å²) in [6.45, 7) is 39.7. The number of carbonyl (C=O) groups is 6. The van der Waals surface area contributed by atoms with Crippen molar-refractivity contribution in [2.75, 3.05) is 88.7 Å². The Bertz CT molecular complexity index is 1290. The molecule has 0 bridgehead atoms. The number of nitrogens with one attached hydrogen (secondary N) is 1. The molecular weight excluding hydrogens is 807 g/mol. The molecule has 64 heavy (non-hydrogen) atoms. The van der Waals surface area contributed by atoms with E-state index in [4.69, 9.17) is 0 Å². The average Bonchev–Trinajstić information content (AvgIpc) is 3.87. The van der Waals surface area contributed by atoms with Crippen LogP contribution in [-0.4, -0.2) is 161 Å². The lowest BCUT2D eigenvalue weighted by Gasteiger charge is -2.25. The second-order valence-corrected chi connectivity index (χ2v) is 24.5. The minimum absolute atomic E-state index is 0.144. The van der Waals surface area contributed by atoms with Gasteiger partial charge in [-0.1, -0.05) is 125 Å². The number of methoxy groups -OCH3 is 1. The fraction of sp³-hybridized carbons (Fsp3) is 0.885. The lowest BCUT2D eigenvalue weighted by molar-refractivity contribution is -0.131. The SMILES string of the molecule is CN(C)CC(=O)C(C)(C)C.CN1CCC[C@@H]1C(=O)C(C)(C)C.CN1CCC[C@H]1C(=O)C(C)(C)C.CN1CCC[C@H]1C(=O)C(C)(C)C.CNCC(=O)C(C)(C)C.COCC(=O)C(C)(C)C. The molecule has 3 saturated heterocycles. The van der Waals surface area contributed by atoms with Crippen LogP contribution in [0.25, 0.3) is 0 Å². The van der Waals surface area contributed by atoms with E-state index in [-0.39, 0.29) is 74.6 Å². The van der Waals surface area contributed by atoms with Crippen molar-refractivity contribution in [3.8, 4) is 0 Å². The number of ether oxygens (including phenoxy) is 1. The Labute approximate surface area is 394 Å². The number of hydrogen-bond donors (Lipinski definition) is 1. The number of hydrogen-bond acceptors (Lipinski definition) is 12. The van der Waals surface area contributed by atoms with Gasteiger partial charge in [0, 0.05) is 39.6 Å². The minimum atomic E-state index is -0.254. The Hall–Kier alpha value is -2.22. The van der Waals surface area contributed by atoms with Crippen LogP contribution in [0.2, 0.25) is 0 Å². The molecule has 3 rings (SSSR count). The van der Waals surface area contributed by atoms with Crippen LogP contribution in [0.3, 0.4) is 0 Å². The zero-order valence-corrected chi connectivity index (χ0v) is 46.4. The van der Waals surface area contributed by atoms with Gasteiger partial charge in [0.05, 0.1) is 31.2 Å². The van der Waals surface area contributed by atoms with Crippen molar-refractivity contribution in [3.63, 3.8) is 0 Å². The zero-order chi connectivity index (χ0) is 51.4. The predicted molar refractivity (Wildman–Crippen MR) is 268 cm³/mol. The third-order valence-electron chi connectivity index (χ3n) is 11.3. The molecular formula is C52H103N5O7. The molecule has 0 amide bonds. The molecule has 0 radical (unpaired) electrons. The van der Waals surface area contributed by atoms with Crippen molar-refractivity contribution in [1.82, 2.24) is 24.9 Å². The Morgan fingerprint density at radius 1 is 0.484 bits per heavy atom. The van der Waals surface area contributed by atoms with E-state index >= 15 is 0 Å². The third-order valence-corrected chi connectivity index (χ3v) is 11.3. The molecule has 3 aliphatic heterocycles. The van der Waals surface area contributed by atoms with Gasteiger partial charge >= 0.3 is 0 Å². The van der Waals surface area contributed by atoms with Crippen LogP contribution in [0.15, 0.2) is 0 Å². The lowest BCUT2D eigenvalue weighted by Crippen LogP contribution is -2.39. The van der Waals surface area contributed by atoms with Crippen molar-refractivity contribution >= 4 is 34.7 Å². The van der Waals surface area contributed by atoms with Gasteiger partial charge in [0.1, 0.15) is 6.61 Å². The van der Waals surface area contributed by atoms with Crippen molar-refractivity contribution in [2.24, 2.45) is 32.5 Å². The smallest absolute Gasteiger partial charge is 0.163 e. The molecule has 12 heteroatoms. The zero-order valence-electron chi connectivity index (χ0n) is 46.4. The van der Waals surface area contributed by atoms with Crippen LogP contribution in [0.4, 0.5) is 0 Å². The summed E-state index contributed by atoms with van der Waals surface area (Å²) in [5.74, 6) is 1.86. The highest BCUT2D eigenvalue weighted by Gasteiger charge is 2.36. The predicted octanol–water partition coefficient (Wildman–Crippen LogP) is 8.32. The Balaban J connectivity index is -0.000000701. The van der Waals surface area contributed by atoms with E-state index in [0.29, 0.717) is 30.4 Å². The molecule has 0 aromatic carbocycles. The monoisotopic (exact) mass is 910 g/mol. The summed E-state index contributed by atoms with van der Waals surface area (Å²) in [4.78, 5) is 77.1. The topological polar surface area (TPSA) is 137 Å². The molecule has 0 aromatic heterocycles. The fourth-order valence-corrected chi connectivity index (χ4v) is 6.52. The second kappa shape index (κ2) is 28.8. The summed E-state index contributed by atoms with van der Waals surface area (Å²) in [5.41, 5.74) is -1.17. The van der Waals surface area contributed by atoms with E-state index in [1.54, 1.807) is 7.05 Å². The first-order valence-corrected chi connectivity index (χ1v) is 23.7. The fourth-order valence-electron chi connectivity index (χ4n) is 6.52. The maximum Gasteiger partial charge on any atom is 0.163 e. The van der Waals surface area contributed by atoms with Gasteiger partial charge in [0.25, 0.3) is 0 Å². The van der Waals surface area contributed by atoms with Crippen molar-refractivity contribution in [3.05, 3.63) is 0 Å². The van der Waals surface area contributed by atoms with Gasteiger partial charge in [0.15, 0.2) is 34.7 Å². The number of ketones is 6. The highest BCUT2D eigenvalue weighted by molar-refractivity contribution is 5.90. The summed E-state index contributed by atoms with van der Waals surface area (Å²) < 4.78 is 4.68. The van der Waals surface area contributed by atoms with Crippen LogP contribution in [0.5, 0.6) is 0 Å². The quantitative estimate of drug-likeness (QED) is 0.238. The first kappa shape index (κ1) is 66.1. The molecule has 1 N–H and O–H groups in total. The Morgan fingerprint density at radius 2 is 0.750 bits per heavy atom. The molecule has 0 spiro atoms. The van der Waals surface area contributed by atoms with Gasteiger partial charge in [0.2, 0.25) is 0 Å². The van der Waals surface area contributed by atoms with Gasteiger partial charge in [-0.05, 0) is 100 Å². The number of Topliss-reactive ketones (excluding diaryl/α,β-unsaturated/α-hetero) is 6. The van der Waals surface area contributed by atoms with Crippen molar-refractivity contribution in [2.45, 2.75) is 181 Å². The van der Waals surface area contributed by atoms with E-state index < -0.39 is 0 Å². The van der Waals surface area contributed by atoms with E-state index in [2.05, 4.69) is 24.8 Å². The number of nitrogens with zero attached hydrogens (tertiary/aromatic N) is 4. The van der Waals surface area contributed by atoms with E-state index in [1.807, 2.05) is 165 Å². The first-order chi connectivity index (χ1) is 28.6. The third kappa shape index (κ3) is 28.1. The number of rotatable bonds is 9. The van der Waals surface area contributed by atoms with Gasteiger partial charge in [-0.25, -0.2) is 0 Å². The van der Waals surface area contributed by atoms with Crippen LogP contribution >= 0.6 is 0 Å². The maximum absolute atomic E-state index is 11.8. The van der Waals surface area contributed by atoms with Crippen LogP contribution in [-0.2, 0) is 33.5 Å². The van der Waals surface area contributed by atoms with E-state index in [9.17, 15) is 28.8 Å². The molecule has 0 aliphatic carbocycles. The molecule has 0 aromatic rings. The van der Waals surface area contributed by atoms with Gasteiger partial charge in [-0.15, -0.1) is 0 Å². The normalized spacial score (nSPS) is 19.9. The molecule has 3 aliphatic rings. The Kier molecular flexibility index (Phi) is 29.8. The second-order valence-electron chi connectivity index (χ2n) is 24.5. The molecule has 0 unspecified atom stereocenters. The molecule has 3 atom stereocenters. The standard InChI is InChI=1S/3C10H19NO.C8H17NO.C7H15NO.C7H14O2/c3*1-10(2,3)9(12)8-6-5-7-11(8)4;1-8(2,3)7(10)6-9(4)5;1-7(2,3)6(9)5-8-4;1-7(2,3)6(8)5-9-4/h3*8H,5-7H2,1-4H3;6H2,1-5H3;8H,5H2,1-4H3;5H2,1-4H3/t3*8-;;;/m100.../s1. The maximum atomic E-state index is 11.8. The van der Waals surface area contributed by atoms with Crippen LogP contribution in [0.1, 0.15) is 163 Å².